The first kappa shape index (κ1) is 21.5. The summed E-state index contributed by atoms with van der Waals surface area (Å²) >= 11 is 5.56. The number of phenols is 1. The molecule has 0 radical (unpaired) electrons. The Morgan fingerprint density at radius 1 is 1.18 bits per heavy atom. The molecule has 1 aliphatic rings. The number of aromatic hydroxyl groups is 1. The highest BCUT2D eigenvalue weighted by atomic mass is 35.5. The van der Waals surface area contributed by atoms with Crippen LogP contribution in [-0.4, -0.2) is 42.4 Å². The van der Waals surface area contributed by atoms with Gasteiger partial charge in [0.05, 0.1) is 5.02 Å². The van der Waals surface area contributed by atoms with Crippen molar-refractivity contribution in [2.24, 2.45) is 0 Å². The van der Waals surface area contributed by atoms with E-state index in [1.807, 2.05) is 0 Å². The molecule has 2 rings (SSSR count). The van der Waals surface area contributed by atoms with Crippen LogP contribution in [0.3, 0.4) is 0 Å². The summed E-state index contributed by atoms with van der Waals surface area (Å²) < 4.78 is 53.2. The third-order valence-electron chi connectivity index (χ3n) is 3.18. The molecule has 1 aromatic carbocycles. The monoisotopic (exact) mass is 384 g/mol. The zero-order valence-electron chi connectivity index (χ0n) is 11.2. The maximum absolute atomic E-state index is 13.3. The van der Waals surface area contributed by atoms with Crippen molar-refractivity contribution in [3.63, 3.8) is 0 Å². The summed E-state index contributed by atoms with van der Waals surface area (Å²) in [5, 5.41) is 12.3. The molecule has 3 nitrogen and oxygen atoms in total. The Hall–Kier alpha value is -0.470. The van der Waals surface area contributed by atoms with Gasteiger partial charge in [0.25, 0.3) is 0 Å². The Bertz CT molecular complexity index is 496. The number of nitrogens with zero attached hydrogens (tertiary/aromatic N) is 1. The van der Waals surface area contributed by atoms with Gasteiger partial charge in [-0.3, -0.25) is 4.90 Å². The first-order chi connectivity index (χ1) is 9.30. The van der Waals surface area contributed by atoms with Gasteiger partial charge in [0.15, 0.2) is 0 Å². The molecule has 2 N–H and O–H groups in total. The van der Waals surface area contributed by atoms with Gasteiger partial charge < -0.3 is 10.4 Å². The molecule has 10 heteroatoms. The highest BCUT2D eigenvalue weighted by molar-refractivity contribution is 6.32. The minimum absolute atomic E-state index is 0. The molecule has 0 bridgehead atoms. The largest absolute Gasteiger partial charge is 0.506 e. The molecule has 1 fully saturated rings. The van der Waals surface area contributed by atoms with E-state index in [1.54, 1.807) is 0 Å². The van der Waals surface area contributed by atoms with Crippen LogP contribution in [-0.2, 0) is 0 Å². The minimum Gasteiger partial charge on any atom is -0.506 e. The van der Waals surface area contributed by atoms with Crippen molar-refractivity contribution in [3.8, 4) is 5.75 Å². The van der Waals surface area contributed by atoms with Crippen molar-refractivity contribution in [3.05, 3.63) is 28.5 Å². The second-order valence-corrected chi connectivity index (χ2v) is 4.96. The van der Waals surface area contributed by atoms with Gasteiger partial charge in [-0.1, -0.05) is 11.6 Å². The summed E-state index contributed by atoms with van der Waals surface area (Å²) in [6, 6.07) is -0.606. The van der Waals surface area contributed by atoms with Gasteiger partial charge in [0, 0.05) is 31.7 Å². The van der Waals surface area contributed by atoms with Gasteiger partial charge in [0.1, 0.15) is 17.6 Å². The van der Waals surface area contributed by atoms with E-state index in [1.165, 1.54) is 0 Å². The van der Waals surface area contributed by atoms with Crippen molar-refractivity contribution in [2.45, 2.75) is 12.2 Å². The van der Waals surface area contributed by atoms with Gasteiger partial charge in [-0.05, 0) is 12.1 Å². The molecule has 0 saturated carbocycles. The number of hydrogen-bond acceptors (Lipinski definition) is 3. The quantitative estimate of drug-likeness (QED) is 0.765. The summed E-state index contributed by atoms with van der Waals surface area (Å²) in [5.74, 6) is -1.64. The fraction of sp³-hybridized carbons (Fsp3) is 0.500. The van der Waals surface area contributed by atoms with Crippen molar-refractivity contribution >= 4 is 36.4 Å². The van der Waals surface area contributed by atoms with Crippen molar-refractivity contribution in [2.75, 3.05) is 26.2 Å². The molecule has 1 aromatic rings. The van der Waals surface area contributed by atoms with Crippen LogP contribution in [0.2, 0.25) is 5.02 Å². The number of benzene rings is 1. The predicted octanol–water partition coefficient (Wildman–Crippen LogP) is 3.54. The van der Waals surface area contributed by atoms with E-state index in [-0.39, 0.29) is 37.9 Å². The molecule has 0 amide bonds. The van der Waals surface area contributed by atoms with Crippen LogP contribution in [0.1, 0.15) is 11.6 Å². The third kappa shape index (κ3) is 4.76. The molecule has 0 spiro atoms. The SMILES string of the molecule is Cl.Cl.Oc1c(Cl)cc(F)cc1[C@H](N1CCNCC1)C(F)(F)F. The van der Waals surface area contributed by atoms with E-state index in [0.29, 0.717) is 19.2 Å². The molecule has 0 aliphatic carbocycles. The van der Waals surface area contributed by atoms with E-state index in [4.69, 9.17) is 11.6 Å². The van der Waals surface area contributed by atoms with Crippen LogP contribution in [0.25, 0.3) is 0 Å². The van der Waals surface area contributed by atoms with Crippen LogP contribution in [0, 0.1) is 5.82 Å². The Labute approximate surface area is 142 Å². The Balaban J connectivity index is 0.00000220. The Kier molecular flexibility index (Phi) is 8.22. The number of hydrogen-bond donors (Lipinski definition) is 2. The molecule has 0 unspecified atom stereocenters. The molecule has 128 valence electrons. The maximum Gasteiger partial charge on any atom is 0.408 e. The lowest BCUT2D eigenvalue weighted by Gasteiger charge is -2.36. The summed E-state index contributed by atoms with van der Waals surface area (Å²) in [4.78, 5) is 1.15. The summed E-state index contributed by atoms with van der Waals surface area (Å²) in [5.41, 5.74) is -0.551. The number of phenolic OH excluding ortho intramolecular Hbond substituents is 1. The van der Waals surface area contributed by atoms with Crippen LogP contribution in [0.15, 0.2) is 12.1 Å². The molecule has 1 atom stereocenters. The van der Waals surface area contributed by atoms with Crippen LogP contribution in [0.5, 0.6) is 5.75 Å². The van der Waals surface area contributed by atoms with Gasteiger partial charge in [0.2, 0.25) is 0 Å². The lowest BCUT2D eigenvalue weighted by atomic mass is 10.0. The molecule has 1 saturated heterocycles. The van der Waals surface area contributed by atoms with E-state index in [0.717, 1.165) is 11.0 Å². The van der Waals surface area contributed by atoms with Crippen molar-refractivity contribution in [1.29, 1.82) is 0 Å². The molecule has 0 aromatic heterocycles. The molecular weight excluding hydrogens is 370 g/mol. The summed E-state index contributed by atoms with van der Waals surface area (Å²) in [6.07, 6.45) is -4.63. The Morgan fingerprint density at radius 3 is 2.23 bits per heavy atom. The number of piperazine rings is 1. The van der Waals surface area contributed by atoms with Crippen LogP contribution >= 0.6 is 36.4 Å². The molecule has 1 aliphatic heterocycles. The maximum atomic E-state index is 13.3. The zero-order valence-corrected chi connectivity index (χ0v) is 13.6. The predicted molar refractivity (Wildman–Crippen MR) is 80.8 cm³/mol. The van der Waals surface area contributed by atoms with Crippen LogP contribution in [0.4, 0.5) is 17.6 Å². The van der Waals surface area contributed by atoms with Crippen molar-refractivity contribution < 1.29 is 22.7 Å². The lowest BCUT2D eigenvalue weighted by molar-refractivity contribution is -0.188. The first-order valence-electron chi connectivity index (χ1n) is 6.00. The standard InChI is InChI=1S/C12H13ClF4N2O.2ClH/c13-9-6-7(14)5-8(10(9)20)11(12(15,16)17)19-3-1-18-2-4-19;;/h5-6,11,18,20H,1-4H2;2*1H/t11-;;/m0../s1. The molecule has 1 heterocycles. The average molecular weight is 386 g/mol. The summed E-state index contributed by atoms with van der Waals surface area (Å²) in [7, 11) is 0. The van der Waals surface area contributed by atoms with E-state index in [2.05, 4.69) is 5.32 Å². The first-order valence-corrected chi connectivity index (χ1v) is 6.38. The van der Waals surface area contributed by atoms with Gasteiger partial charge in [-0.15, -0.1) is 24.8 Å². The topological polar surface area (TPSA) is 35.5 Å². The second kappa shape index (κ2) is 8.40. The molecular formula is C12H15Cl3F4N2O. The van der Waals surface area contributed by atoms with E-state index < -0.39 is 34.4 Å². The second-order valence-electron chi connectivity index (χ2n) is 4.56. The number of nitrogens with one attached hydrogen (secondary N) is 1. The minimum atomic E-state index is -4.63. The lowest BCUT2D eigenvalue weighted by Crippen LogP contribution is -2.49. The normalized spacial score (nSPS) is 17.3. The van der Waals surface area contributed by atoms with Crippen molar-refractivity contribution in [1.82, 2.24) is 10.2 Å². The smallest absolute Gasteiger partial charge is 0.408 e. The highest BCUT2D eigenvalue weighted by Gasteiger charge is 2.46. The molecule has 22 heavy (non-hydrogen) atoms. The van der Waals surface area contributed by atoms with Gasteiger partial charge >= 0.3 is 6.18 Å². The Morgan fingerprint density at radius 2 is 1.73 bits per heavy atom. The zero-order chi connectivity index (χ0) is 14.9. The third-order valence-corrected chi connectivity index (χ3v) is 3.47. The van der Waals surface area contributed by atoms with Gasteiger partial charge in [-0.2, -0.15) is 13.2 Å². The van der Waals surface area contributed by atoms with Crippen LogP contribution < -0.4 is 5.32 Å². The number of halogens is 7. The highest BCUT2D eigenvalue weighted by Crippen LogP contribution is 2.43. The fourth-order valence-corrected chi connectivity index (χ4v) is 2.53. The number of rotatable bonds is 2. The average Bonchev–Trinajstić information content (AvgIpc) is 2.35. The van der Waals surface area contributed by atoms with E-state index in [9.17, 15) is 22.7 Å². The fourth-order valence-electron chi connectivity index (χ4n) is 2.31. The number of alkyl halides is 3. The van der Waals surface area contributed by atoms with E-state index >= 15 is 0 Å². The van der Waals surface area contributed by atoms with Gasteiger partial charge in [-0.25, -0.2) is 4.39 Å². The summed E-state index contributed by atoms with van der Waals surface area (Å²) in [6.45, 7) is 1.10.